The summed E-state index contributed by atoms with van der Waals surface area (Å²) in [5.41, 5.74) is 5.51. The molecule has 1 aromatic heterocycles. The standard InChI is InChI=1S/C30H28N4O2/c1-3-4-9-28-32-26-12-10-20(2)16-25(26)30(36)34(28)19-21-11-13-27-22(17-21)14-15-33(27)29(35)24-8-6-5-7-23(24)18-31/h5-8,10-13,16-17H,3-4,9,14-15,19H2,1-2H3. The molecule has 6 nitrogen and oxygen atoms in total. The smallest absolute Gasteiger partial charge is 0.261 e. The van der Waals surface area contributed by atoms with E-state index in [0.717, 1.165) is 59.4 Å². The van der Waals surface area contributed by atoms with E-state index in [4.69, 9.17) is 4.98 Å². The number of fused-ring (bicyclic) bond motifs is 2. The Morgan fingerprint density at radius 1 is 1.11 bits per heavy atom. The number of amides is 1. The Bertz CT molecular complexity index is 1580. The SMILES string of the molecule is CCCCc1nc2ccc(C)cc2c(=O)n1Cc1ccc2c(c1)CCN2C(=O)c1ccccc1C#N. The number of rotatable bonds is 6. The van der Waals surface area contributed by atoms with Crippen LogP contribution in [0.15, 0.2) is 65.5 Å². The van der Waals surface area contributed by atoms with Crippen LogP contribution in [0.4, 0.5) is 5.69 Å². The topological polar surface area (TPSA) is 79.0 Å². The first-order valence-electron chi connectivity index (χ1n) is 12.4. The fourth-order valence-electron chi connectivity index (χ4n) is 4.93. The highest BCUT2D eigenvalue weighted by Crippen LogP contribution is 2.31. The molecule has 3 aromatic carbocycles. The Labute approximate surface area is 210 Å². The number of hydrogen-bond donors (Lipinski definition) is 0. The molecular formula is C30H28N4O2. The predicted octanol–water partition coefficient (Wildman–Crippen LogP) is 5.17. The van der Waals surface area contributed by atoms with Gasteiger partial charge in [-0.2, -0.15) is 5.26 Å². The maximum absolute atomic E-state index is 13.5. The summed E-state index contributed by atoms with van der Waals surface area (Å²) in [6, 6.07) is 20.9. The molecule has 0 fully saturated rings. The van der Waals surface area contributed by atoms with Crippen LogP contribution in [0, 0.1) is 18.3 Å². The van der Waals surface area contributed by atoms with Crippen LogP contribution in [-0.2, 0) is 19.4 Å². The zero-order chi connectivity index (χ0) is 25.2. The number of carbonyl (C=O) groups excluding carboxylic acids is 1. The van der Waals surface area contributed by atoms with Crippen molar-refractivity contribution in [2.75, 3.05) is 11.4 Å². The molecule has 180 valence electrons. The van der Waals surface area contributed by atoms with E-state index in [0.29, 0.717) is 29.6 Å². The number of hydrogen-bond acceptors (Lipinski definition) is 4. The van der Waals surface area contributed by atoms with Crippen molar-refractivity contribution in [2.24, 2.45) is 0 Å². The summed E-state index contributed by atoms with van der Waals surface area (Å²) in [5.74, 6) is 0.648. The van der Waals surface area contributed by atoms with Crippen LogP contribution in [0.3, 0.4) is 0 Å². The lowest BCUT2D eigenvalue weighted by atomic mass is 10.1. The summed E-state index contributed by atoms with van der Waals surface area (Å²) in [5, 5.41) is 10.1. The van der Waals surface area contributed by atoms with Gasteiger partial charge in [-0.15, -0.1) is 0 Å². The van der Waals surface area contributed by atoms with Gasteiger partial charge in [0.2, 0.25) is 0 Å². The van der Waals surface area contributed by atoms with E-state index in [9.17, 15) is 14.9 Å². The van der Waals surface area contributed by atoms with E-state index < -0.39 is 0 Å². The number of nitriles is 1. The van der Waals surface area contributed by atoms with Crippen molar-refractivity contribution in [1.82, 2.24) is 9.55 Å². The fourth-order valence-corrected chi connectivity index (χ4v) is 4.93. The van der Waals surface area contributed by atoms with Crippen LogP contribution >= 0.6 is 0 Å². The van der Waals surface area contributed by atoms with E-state index in [-0.39, 0.29) is 11.5 Å². The molecule has 0 aliphatic carbocycles. The Morgan fingerprint density at radius 2 is 1.94 bits per heavy atom. The van der Waals surface area contributed by atoms with Crippen molar-refractivity contribution < 1.29 is 4.79 Å². The summed E-state index contributed by atoms with van der Waals surface area (Å²) >= 11 is 0. The lowest BCUT2D eigenvalue weighted by Crippen LogP contribution is -2.29. The molecule has 0 saturated carbocycles. The number of aromatic nitrogens is 2. The van der Waals surface area contributed by atoms with Gasteiger partial charge in [0, 0.05) is 18.7 Å². The first-order chi connectivity index (χ1) is 17.5. The molecule has 0 spiro atoms. The molecule has 1 amide bonds. The Kier molecular flexibility index (Phi) is 6.39. The third kappa shape index (κ3) is 4.29. The summed E-state index contributed by atoms with van der Waals surface area (Å²) in [4.78, 5) is 33.3. The Hall–Kier alpha value is -4.24. The molecule has 1 aliphatic rings. The molecular weight excluding hydrogens is 448 g/mol. The average molecular weight is 477 g/mol. The van der Waals surface area contributed by atoms with Crippen molar-refractivity contribution in [3.05, 3.63) is 105 Å². The average Bonchev–Trinajstić information content (AvgIpc) is 3.32. The molecule has 0 N–H and O–H groups in total. The second kappa shape index (κ2) is 9.79. The Morgan fingerprint density at radius 3 is 2.75 bits per heavy atom. The van der Waals surface area contributed by atoms with Gasteiger partial charge in [0.25, 0.3) is 11.5 Å². The van der Waals surface area contributed by atoms with Gasteiger partial charge in [0.1, 0.15) is 5.82 Å². The molecule has 0 saturated heterocycles. The minimum Gasteiger partial charge on any atom is -0.308 e. The monoisotopic (exact) mass is 476 g/mol. The maximum Gasteiger partial charge on any atom is 0.261 e. The van der Waals surface area contributed by atoms with Gasteiger partial charge in [-0.05, 0) is 61.2 Å². The quantitative estimate of drug-likeness (QED) is 0.385. The van der Waals surface area contributed by atoms with Crippen LogP contribution < -0.4 is 10.5 Å². The van der Waals surface area contributed by atoms with Crippen LogP contribution in [-0.4, -0.2) is 22.0 Å². The highest BCUT2D eigenvalue weighted by molar-refractivity contribution is 6.08. The largest absolute Gasteiger partial charge is 0.308 e. The number of nitrogens with zero attached hydrogens (tertiary/aromatic N) is 4. The van der Waals surface area contributed by atoms with Crippen LogP contribution in [0.2, 0.25) is 0 Å². The van der Waals surface area contributed by atoms with Gasteiger partial charge in [-0.25, -0.2) is 4.98 Å². The highest BCUT2D eigenvalue weighted by atomic mass is 16.2. The summed E-state index contributed by atoms with van der Waals surface area (Å²) in [6.45, 7) is 5.12. The van der Waals surface area contributed by atoms with Crippen molar-refractivity contribution >= 4 is 22.5 Å². The zero-order valence-electron chi connectivity index (χ0n) is 20.6. The van der Waals surface area contributed by atoms with Crippen molar-refractivity contribution in [3.8, 4) is 6.07 Å². The minimum absolute atomic E-state index is 0.0137. The zero-order valence-corrected chi connectivity index (χ0v) is 20.6. The molecule has 1 aliphatic heterocycles. The normalized spacial score (nSPS) is 12.5. The molecule has 0 radical (unpaired) electrons. The minimum atomic E-state index is -0.161. The van der Waals surface area contributed by atoms with Crippen molar-refractivity contribution in [1.29, 1.82) is 5.26 Å². The van der Waals surface area contributed by atoms with Gasteiger partial charge < -0.3 is 4.90 Å². The molecule has 6 heteroatoms. The predicted molar refractivity (Wildman–Crippen MR) is 141 cm³/mol. The van der Waals surface area contributed by atoms with Gasteiger partial charge in [0.15, 0.2) is 0 Å². The number of carbonyl (C=O) groups is 1. The summed E-state index contributed by atoms with van der Waals surface area (Å²) < 4.78 is 1.81. The highest BCUT2D eigenvalue weighted by Gasteiger charge is 2.27. The molecule has 0 bridgehead atoms. The molecule has 0 atom stereocenters. The van der Waals surface area contributed by atoms with E-state index in [2.05, 4.69) is 19.1 Å². The van der Waals surface area contributed by atoms with Crippen LogP contribution in [0.25, 0.3) is 10.9 Å². The maximum atomic E-state index is 13.5. The molecule has 5 rings (SSSR count). The van der Waals surface area contributed by atoms with Gasteiger partial charge in [0.05, 0.1) is 34.6 Å². The second-order valence-corrected chi connectivity index (χ2v) is 9.37. The third-order valence-electron chi connectivity index (χ3n) is 6.85. The molecule has 2 heterocycles. The van der Waals surface area contributed by atoms with E-state index in [1.807, 2.05) is 37.3 Å². The molecule has 4 aromatic rings. The van der Waals surface area contributed by atoms with E-state index >= 15 is 0 Å². The number of benzene rings is 3. The summed E-state index contributed by atoms with van der Waals surface area (Å²) in [6.07, 6.45) is 3.48. The summed E-state index contributed by atoms with van der Waals surface area (Å²) in [7, 11) is 0. The van der Waals surface area contributed by atoms with Gasteiger partial charge in [-0.1, -0.05) is 49.2 Å². The van der Waals surface area contributed by atoms with Gasteiger partial charge in [-0.3, -0.25) is 14.2 Å². The van der Waals surface area contributed by atoms with Gasteiger partial charge >= 0.3 is 0 Å². The molecule has 0 unspecified atom stereocenters. The second-order valence-electron chi connectivity index (χ2n) is 9.37. The molecule has 36 heavy (non-hydrogen) atoms. The fraction of sp³-hybridized carbons (Fsp3) is 0.267. The van der Waals surface area contributed by atoms with Crippen molar-refractivity contribution in [3.63, 3.8) is 0 Å². The lowest BCUT2D eigenvalue weighted by molar-refractivity contribution is 0.0989. The lowest BCUT2D eigenvalue weighted by Gasteiger charge is -2.19. The first kappa shape index (κ1) is 23.5. The Balaban J connectivity index is 1.48. The number of anilines is 1. The van der Waals surface area contributed by atoms with Crippen molar-refractivity contribution in [2.45, 2.75) is 46.1 Å². The van der Waals surface area contributed by atoms with E-state index in [1.54, 1.807) is 33.7 Å². The third-order valence-corrected chi connectivity index (χ3v) is 6.85. The number of aryl methyl sites for hydroxylation is 2. The van der Waals surface area contributed by atoms with Crippen LogP contribution in [0.1, 0.15) is 58.2 Å². The van der Waals surface area contributed by atoms with E-state index in [1.165, 1.54) is 0 Å². The first-order valence-corrected chi connectivity index (χ1v) is 12.4. The number of unbranched alkanes of at least 4 members (excludes halogenated alkanes) is 1. The van der Waals surface area contributed by atoms with Crippen LogP contribution in [0.5, 0.6) is 0 Å².